The van der Waals surface area contributed by atoms with Crippen LogP contribution in [-0.4, -0.2) is 35.1 Å². The molecular formula is C30H35ClFNO4S. The number of carboxylic acids is 1. The number of hydrogen-bond donors (Lipinski definition) is 2. The van der Waals surface area contributed by atoms with Gasteiger partial charge in [-0.3, -0.25) is 4.79 Å². The fraction of sp³-hybridized carbons (Fsp3) is 0.367. The second-order valence-corrected chi connectivity index (χ2v) is 11.5. The SMILES string of the molecule is COC(C)(C)C.CSN1Cc2cccc(F)c2-c2c(C)c(-c3ccc(Cl)c(C)c3O)c(CC(=O)O)c(C)c21. The van der Waals surface area contributed by atoms with Gasteiger partial charge in [-0.05, 0) is 87.6 Å². The van der Waals surface area contributed by atoms with Crippen molar-refractivity contribution in [3.63, 3.8) is 0 Å². The fourth-order valence-electron chi connectivity index (χ4n) is 4.65. The van der Waals surface area contributed by atoms with Crippen molar-refractivity contribution in [3.8, 4) is 28.0 Å². The number of benzene rings is 3. The standard InChI is InChI=1S/C25H23ClFNO3S.C5H12O/c1-12-17(10-20(29)30)21(16-8-9-18(26)13(2)25(16)31)14(3)22-23-15(6-5-7-19(23)27)11-28(32-4)24(12)22;1-5(2,3)6-4/h5-9,31H,10-11H2,1-4H3,(H,29,30);1-4H3. The molecule has 0 radical (unpaired) electrons. The third kappa shape index (κ3) is 5.80. The molecule has 3 aromatic rings. The Kier molecular flexibility index (Phi) is 9.07. The Morgan fingerprint density at radius 1 is 1.08 bits per heavy atom. The largest absolute Gasteiger partial charge is 0.507 e. The molecule has 204 valence electrons. The molecular weight excluding hydrogens is 525 g/mol. The number of methoxy groups -OCH3 is 1. The second kappa shape index (κ2) is 11.6. The van der Waals surface area contributed by atoms with E-state index in [9.17, 15) is 15.0 Å². The van der Waals surface area contributed by atoms with E-state index in [0.29, 0.717) is 39.4 Å². The van der Waals surface area contributed by atoms with E-state index < -0.39 is 5.97 Å². The first-order chi connectivity index (χ1) is 17.7. The first-order valence-electron chi connectivity index (χ1n) is 12.2. The van der Waals surface area contributed by atoms with E-state index in [-0.39, 0.29) is 23.6 Å². The van der Waals surface area contributed by atoms with Crippen molar-refractivity contribution in [2.24, 2.45) is 0 Å². The zero-order chi connectivity index (χ0) is 28.5. The fourth-order valence-corrected chi connectivity index (χ4v) is 5.48. The smallest absolute Gasteiger partial charge is 0.307 e. The second-order valence-electron chi connectivity index (χ2n) is 10.3. The van der Waals surface area contributed by atoms with Crippen LogP contribution in [0, 0.1) is 26.6 Å². The Bertz CT molecular complexity index is 1380. The summed E-state index contributed by atoms with van der Waals surface area (Å²) in [5, 5.41) is 21.0. The van der Waals surface area contributed by atoms with Crippen LogP contribution in [0.2, 0.25) is 5.02 Å². The van der Waals surface area contributed by atoms with Gasteiger partial charge in [-0.1, -0.05) is 35.7 Å². The van der Waals surface area contributed by atoms with Gasteiger partial charge in [0, 0.05) is 40.6 Å². The minimum atomic E-state index is -0.975. The highest BCUT2D eigenvalue weighted by atomic mass is 35.5. The van der Waals surface area contributed by atoms with Gasteiger partial charge in [0.15, 0.2) is 0 Å². The van der Waals surface area contributed by atoms with E-state index in [1.165, 1.54) is 18.0 Å². The van der Waals surface area contributed by atoms with Crippen molar-refractivity contribution in [3.05, 3.63) is 69.0 Å². The maximum Gasteiger partial charge on any atom is 0.307 e. The minimum Gasteiger partial charge on any atom is -0.507 e. The van der Waals surface area contributed by atoms with Gasteiger partial charge in [-0.25, -0.2) is 4.39 Å². The van der Waals surface area contributed by atoms with Crippen LogP contribution in [-0.2, 0) is 22.5 Å². The van der Waals surface area contributed by atoms with Crippen molar-refractivity contribution in [2.45, 2.75) is 60.1 Å². The van der Waals surface area contributed by atoms with Crippen LogP contribution >= 0.6 is 23.5 Å². The van der Waals surface area contributed by atoms with Crippen LogP contribution < -0.4 is 4.31 Å². The highest BCUT2D eigenvalue weighted by Gasteiger charge is 2.32. The Labute approximate surface area is 233 Å². The molecule has 1 aliphatic rings. The molecule has 0 saturated carbocycles. The molecule has 0 aromatic heterocycles. The van der Waals surface area contributed by atoms with Gasteiger partial charge in [0.25, 0.3) is 0 Å². The molecule has 0 bridgehead atoms. The lowest BCUT2D eigenvalue weighted by molar-refractivity contribution is -0.136. The zero-order valence-corrected chi connectivity index (χ0v) is 24.7. The lowest BCUT2D eigenvalue weighted by Crippen LogP contribution is -2.23. The molecule has 2 N–H and O–H groups in total. The Morgan fingerprint density at radius 2 is 1.71 bits per heavy atom. The quantitative estimate of drug-likeness (QED) is 0.315. The number of ether oxygens (including phenoxy) is 1. The molecule has 3 aromatic carbocycles. The summed E-state index contributed by atoms with van der Waals surface area (Å²) in [6.45, 7) is 12.0. The minimum absolute atomic E-state index is 0.00196. The highest BCUT2D eigenvalue weighted by molar-refractivity contribution is 7.99. The number of nitrogens with zero attached hydrogens (tertiary/aromatic N) is 1. The molecule has 1 heterocycles. The van der Waals surface area contributed by atoms with Gasteiger partial charge in [-0.2, -0.15) is 0 Å². The Hall–Kier alpha value is -2.74. The topological polar surface area (TPSA) is 70.0 Å². The van der Waals surface area contributed by atoms with Crippen molar-refractivity contribution in [1.82, 2.24) is 0 Å². The predicted octanol–water partition coefficient (Wildman–Crippen LogP) is 8.10. The van der Waals surface area contributed by atoms with Crippen LogP contribution in [0.25, 0.3) is 22.3 Å². The van der Waals surface area contributed by atoms with Gasteiger partial charge >= 0.3 is 5.97 Å². The summed E-state index contributed by atoms with van der Waals surface area (Å²) in [6, 6.07) is 8.44. The van der Waals surface area contributed by atoms with Gasteiger partial charge in [0.05, 0.1) is 24.3 Å². The van der Waals surface area contributed by atoms with Crippen LogP contribution in [0.1, 0.15) is 48.6 Å². The van der Waals surface area contributed by atoms with Crippen LogP contribution in [0.5, 0.6) is 5.75 Å². The predicted molar refractivity (Wildman–Crippen MR) is 156 cm³/mol. The third-order valence-corrected chi connectivity index (χ3v) is 7.97. The first-order valence-corrected chi connectivity index (χ1v) is 13.8. The average Bonchev–Trinajstić information content (AvgIpc) is 2.85. The van der Waals surface area contributed by atoms with Gasteiger partial charge in [0.1, 0.15) is 11.6 Å². The molecule has 0 aliphatic carbocycles. The number of rotatable bonds is 4. The molecule has 4 rings (SSSR count). The third-order valence-electron chi connectivity index (χ3n) is 6.80. The monoisotopic (exact) mass is 559 g/mol. The summed E-state index contributed by atoms with van der Waals surface area (Å²) in [6.07, 6.45) is 1.73. The Balaban J connectivity index is 0.000000599. The molecule has 1 aliphatic heterocycles. The van der Waals surface area contributed by atoms with Crippen molar-refractivity contribution in [2.75, 3.05) is 17.7 Å². The average molecular weight is 560 g/mol. The summed E-state index contributed by atoms with van der Waals surface area (Å²) < 4.78 is 22.2. The molecule has 0 saturated heterocycles. The van der Waals surface area contributed by atoms with Crippen molar-refractivity contribution in [1.29, 1.82) is 0 Å². The maximum atomic E-state index is 15.1. The number of phenols is 1. The Morgan fingerprint density at radius 3 is 2.26 bits per heavy atom. The van der Waals surface area contributed by atoms with Crippen LogP contribution in [0.3, 0.4) is 0 Å². The molecule has 0 atom stereocenters. The summed E-state index contributed by atoms with van der Waals surface area (Å²) in [4.78, 5) is 11.8. The molecule has 0 unspecified atom stereocenters. The maximum absolute atomic E-state index is 15.1. The zero-order valence-electron chi connectivity index (χ0n) is 23.1. The van der Waals surface area contributed by atoms with Crippen molar-refractivity contribution >= 4 is 35.2 Å². The molecule has 8 heteroatoms. The number of hydrogen-bond acceptors (Lipinski definition) is 5. The van der Waals surface area contributed by atoms with Gasteiger partial charge in [0.2, 0.25) is 0 Å². The summed E-state index contributed by atoms with van der Waals surface area (Å²) in [5.74, 6) is -1.30. The number of fused-ring (bicyclic) bond motifs is 3. The number of carbonyl (C=O) groups is 1. The number of aliphatic carboxylic acids is 1. The lowest BCUT2D eigenvalue weighted by Gasteiger charge is -2.36. The number of anilines is 1. The van der Waals surface area contributed by atoms with Gasteiger partial charge in [-0.15, -0.1) is 0 Å². The number of phenolic OH excluding ortho intramolecular Hbond substituents is 1. The van der Waals surface area contributed by atoms with Crippen molar-refractivity contribution < 1.29 is 24.1 Å². The van der Waals surface area contributed by atoms with Crippen LogP contribution in [0.4, 0.5) is 10.1 Å². The lowest BCUT2D eigenvalue weighted by atomic mass is 9.80. The van der Waals surface area contributed by atoms with E-state index >= 15 is 4.39 Å². The first kappa shape index (κ1) is 29.8. The highest BCUT2D eigenvalue weighted by Crippen LogP contribution is 2.52. The van der Waals surface area contributed by atoms with E-state index in [4.69, 9.17) is 16.3 Å². The normalized spacial score (nSPS) is 12.4. The molecule has 0 fully saturated rings. The van der Waals surface area contributed by atoms with E-state index in [1.54, 1.807) is 32.2 Å². The molecule has 0 amide bonds. The molecule has 5 nitrogen and oxygen atoms in total. The van der Waals surface area contributed by atoms with E-state index in [2.05, 4.69) is 4.31 Å². The number of aromatic hydroxyl groups is 1. The van der Waals surface area contributed by atoms with E-state index in [0.717, 1.165) is 27.9 Å². The summed E-state index contributed by atoms with van der Waals surface area (Å²) in [7, 11) is 1.71. The van der Waals surface area contributed by atoms with E-state index in [1.807, 2.05) is 46.9 Å². The summed E-state index contributed by atoms with van der Waals surface area (Å²) in [5.41, 5.74) is 6.68. The number of halogens is 2. The number of carboxylic acid groups (broad SMARTS) is 1. The molecule has 0 spiro atoms. The summed E-state index contributed by atoms with van der Waals surface area (Å²) >= 11 is 7.71. The molecule has 38 heavy (non-hydrogen) atoms. The van der Waals surface area contributed by atoms with Gasteiger partial charge < -0.3 is 19.3 Å². The van der Waals surface area contributed by atoms with Crippen LogP contribution in [0.15, 0.2) is 30.3 Å².